The zero-order chi connectivity index (χ0) is 25.6. The molecule has 1 heterocycles. The van der Waals surface area contributed by atoms with Gasteiger partial charge in [0, 0.05) is 28.4 Å². The Morgan fingerprint density at radius 2 is 1.69 bits per heavy atom. The van der Waals surface area contributed by atoms with Crippen molar-refractivity contribution in [2.75, 3.05) is 5.32 Å². The lowest BCUT2D eigenvalue weighted by Crippen LogP contribution is -2.18. The lowest BCUT2D eigenvalue weighted by molar-refractivity contribution is -0.0285. The maximum atomic E-state index is 14.7. The molecule has 0 saturated heterocycles. The van der Waals surface area contributed by atoms with E-state index in [4.69, 9.17) is 0 Å². The number of nitrogens with zero attached hydrogens (tertiary/aromatic N) is 1. The standard InChI is InChI=1S/C29H26F3N3O/c1-16-7-4-5-10-23(16)24-14-21(30)15-25(17(24)2)27-33-18(3)26(35-27)28(36)34-22-9-6-8-20(13-22)29(31,32)19-11-12-19/h4-10,13-15,19H,11-12H2,1-3H3,(H,33,35)(H,34,36). The zero-order valence-electron chi connectivity index (χ0n) is 20.3. The SMILES string of the molecule is Cc1ccccc1-c1cc(F)cc(-c2nc(C(=O)Nc3cccc(C(F)(F)C4CC4)c3)c(C)[nH]2)c1C. The van der Waals surface area contributed by atoms with Gasteiger partial charge in [0.15, 0.2) is 0 Å². The normalized spacial score (nSPS) is 13.6. The summed E-state index contributed by atoms with van der Waals surface area (Å²) in [6, 6.07) is 16.4. The second-order valence-electron chi connectivity index (χ2n) is 9.43. The summed E-state index contributed by atoms with van der Waals surface area (Å²) in [4.78, 5) is 20.6. The quantitative estimate of drug-likeness (QED) is 0.294. The van der Waals surface area contributed by atoms with Gasteiger partial charge < -0.3 is 10.3 Å². The minimum atomic E-state index is -2.92. The fourth-order valence-corrected chi connectivity index (χ4v) is 4.57. The molecular formula is C29H26F3N3O. The third kappa shape index (κ3) is 4.41. The molecule has 3 aromatic carbocycles. The molecule has 36 heavy (non-hydrogen) atoms. The van der Waals surface area contributed by atoms with Crippen LogP contribution >= 0.6 is 0 Å². The van der Waals surface area contributed by atoms with E-state index in [0.717, 1.165) is 22.3 Å². The summed E-state index contributed by atoms with van der Waals surface area (Å²) in [7, 11) is 0. The fourth-order valence-electron chi connectivity index (χ4n) is 4.57. The van der Waals surface area contributed by atoms with Gasteiger partial charge in [0.2, 0.25) is 0 Å². The summed E-state index contributed by atoms with van der Waals surface area (Å²) in [5.74, 6) is -4.14. The minimum absolute atomic E-state index is 0.110. The van der Waals surface area contributed by atoms with Gasteiger partial charge in [-0.25, -0.2) is 18.2 Å². The van der Waals surface area contributed by atoms with Crippen LogP contribution in [0.15, 0.2) is 60.7 Å². The van der Waals surface area contributed by atoms with E-state index >= 15 is 0 Å². The van der Waals surface area contributed by atoms with Gasteiger partial charge in [0.05, 0.1) is 0 Å². The molecule has 1 fully saturated rings. The monoisotopic (exact) mass is 489 g/mol. The fraction of sp³-hybridized carbons (Fsp3) is 0.241. The molecule has 1 aromatic heterocycles. The first-order valence-electron chi connectivity index (χ1n) is 11.9. The van der Waals surface area contributed by atoms with Gasteiger partial charge in [-0.3, -0.25) is 4.79 Å². The van der Waals surface area contributed by atoms with E-state index in [0.29, 0.717) is 29.9 Å². The highest BCUT2D eigenvalue weighted by Crippen LogP contribution is 2.49. The Morgan fingerprint density at radius 3 is 2.42 bits per heavy atom. The van der Waals surface area contributed by atoms with Gasteiger partial charge in [-0.2, -0.15) is 0 Å². The van der Waals surface area contributed by atoms with Gasteiger partial charge in [-0.1, -0.05) is 36.4 Å². The van der Waals surface area contributed by atoms with E-state index in [1.165, 1.54) is 30.3 Å². The molecule has 7 heteroatoms. The number of anilines is 1. The molecule has 1 amide bonds. The first-order chi connectivity index (χ1) is 17.1. The van der Waals surface area contributed by atoms with Crippen molar-refractivity contribution in [2.24, 2.45) is 5.92 Å². The molecule has 0 unspecified atom stereocenters. The number of carbonyl (C=O) groups excluding carboxylic acids is 1. The molecule has 4 aromatic rings. The van der Waals surface area contributed by atoms with Gasteiger partial charge in [-0.05, 0) is 80.1 Å². The molecular weight excluding hydrogens is 463 g/mol. The van der Waals surface area contributed by atoms with E-state index in [1.807, 2.05) is 38.1 Å². The Kier molecular flexibility index (Phi) is 5.94. The smallest absolute Gasteiger partial charge is 0.276 e. The average molecular weight is 490 g/mol. The zero-order valence-corrected chi connectivity index (χ0v) is 20.3. The van der Waals surface area contributed by atoms with E-state index < -0.39 is 23.6 Å². The molecule has 0 bridgehead atoms. The number of rotatable bonds is 6. The van der Waals surface area contributed by atoms with Crippen LogP contribution in [-0.4, -0.2) is 15.9 Å². The number of hydrogen-bond acceptors (Lipinski definition) is 2. The molecule has 1 aliphatic carbocycles. The first-order valence-corrected chi connectivity index (χ1v) is 11.9. The van der Waals surface area contributed by atoms with Crippen molar-refractivity contribution >= 4 is 11.6 Å². The first kappa shape index (κ1) is 23.9. The van der Waals surface area contributed by atoms with Crippen LogP contribution in [-0.2, 0) is 5.92 Å². The van der Waals surface area contributed by atoms with Crippen molar-refractivity contribution < 1.29 is 18.0 Å². The highest BCUT2D eigenvalue weighted by molar-refractivity contribution is 6.04. The summed E-state index contributed by atoms with van der Waals surface area (Å²) in [5.41, 5.74) is 4.81. The highest BCUT2D eigenvalue weighted by Gasteiger charge is 2.47. The number of nitrogens with one attached hydrogen (secondary N) is 2. The van der Waals surface area contributed by atoms with Gasteiger partial charge in [-0.15, -0.1) is 0 Å². The topological polar surface area (TPSA) is 57.8 Å². The van der Waals surface area contributed by atoms with Crippen LogP contribution in [0, 0.1) is 32.5 Å². The van der Waals surface area contributed by atoms with Crippen LogP contribution in [0.5, 0.6) is 0 Å². The van der Waals surface area contributed by atoms with Crippen LogP contribution < -0.4 is 5.32 Å². The third-order valence-corrected chi connectivity index (χ3v) is 6.76. The summed E-state index contributed by atoms with van der Waals surface area (Å²) in [6.07, 6.45) is 1.01. The summed E-state index contributed by atoms with van der Waals surface area (Å²) in [5, 5.41) is 2.68. The largest absolute Gasteiger partial charge is 0.341 e. The van der Waals surface area contributed by atoms with Crippen molar-refractivity contribution in [3.8, 4) is 22.5 Å². The molecule has 4 nitrogen and oxygen atoms in total. The predicted octanol–water partition coefficient (Wildman–Crippen LogP) is 7.56. The number of alkyl halides is 2. The molecule has 5 rings (SSSR count). The van der Waals surface area contributed by atoms with E-state index in [-0.39, 0.29) is 16.9 Å². The second kappa shape index (κ2) is 8.97. The minimum Gasteiger partial charge on any atom is -0.341 e. The molecule has 2 N–H and O–H groups in total. The summed E-state index contributed by atoms with van der Waals surface area (Å²) >= 11 is 0. The summed E-state index contributed by atoms with van der Waals surface area (Å²) in [6.45, 7) is 5.55. The van der Waals surface area contributed by atoms with Crippen molar-refractivity contribution in [1.29, 1.82) is 0 Å². The number of benzene rings is 3. The Hall–Kier alpha value is -3.87. The van der Waals surface area contributed by atoms with Crippen LogP contribution in [0.3, 0.4) is 0 Å². The van der Waals surface area contributed by atoms with Crippen LogP contribution in [0.25, 0.3) is 22.5 Å². The van der Waals surface area contributed by atoms with Crippen molar-refractivity contribution in [3.63, 3.8) is 0 Å². The molecule has 0 atom stereocenters. The van der Waals surface area contributed by atoms with Crippen molar-refractivity contribution in [3.05, 3.63) is 94.6 Å². The van der Waals surface area contributed by atoms with Crippen LogP contribution in [0.4, 0.5) is 18.9 Å². The molecule has 0 radical (unpaired) electrons. The lowest BCUT2D eigenvalue weighted by Gasteiger charge is -2.17. The number of halogens is 3. The molecule has 0 aliphatic heterocycles. The Balaban J connectivity index is 1.45. The van der Waals surface area contributed by atoms with Gasteiger partial charge in [0.25, 0.3) is 11.8 Å². The molecule has 1 saturated carbocycles. The Labute approximate surface area is 207 Å². The van der Waals surface area contributed by atoms with Crippen LogP contribution in [0.1, 0.15) is 45.7 Å². The number of carbonyl (C=O) groups is 1. The molecule has 1 aliphatic rings. The van der Waals surface area contributed by atoms with Crippen LogP contribution in [0.2, 0.25) is 0 Å². The maximum absolute atomic E-state index is 14.7. The van der Waals surface area contributed by atoms with Crippen molar-refractivity contribution in [2.45, 2.75) is 39.5 Å². The molecule has 184 valence electrons. The Bertz CT molecular complexity index is 1470. The highest BCUT2D eigenvalue weighted by atomic mass is 19.3. The van der Waals surface area contributed by atoms with Gasteiger partial charge in [0.1, 0.15) is 17.3 Å². The average Bonchev–Trinajstić information content (AvgIpc) is 3.64. The van der Waals surface area contributed by atoms with E-state index in [9.17, 15) is 18.0 Å². The second-order valence-corrected chi connectivity index (χ2v) is 9.43. The predicted molar refractivity (Wildman–Crippen MR) is 135 cm³/mol. The van der Waals surface area contributed by atoms with E-state index in [1.54, 1.807) is 13.0 Å². The number of aromatic nitrogens is 2. The Morgan fingerprint density at radius 1 is 0.972 bits per heavy atom. The number of amides is 1. The van der Waals surface area contributed by atoms with Crippen molar-refractivity contribution in [1.82, 2.24) is 9.97 Å². The number of hydrogen-bond donors (Lipinski definition) is 2. The number of H-pyrrole nitrogens is 1. The third-order valence-electron chi connectivity index (χ3n) is 6.76. The van der Waals surface area contributed by atoms with E-state index in [2.05, 4.69) is 15.3 Å². The molecule has 0 spiro atoms. The number of imidazole rings is 1. The van der Waals surface area contributed by atoms with Gasteiger partial charge >= 0.3 is 0 Å². The number of aryl methyl sites for hydroxylation is 2. The lowest BCUT2D eigenvalue weighted by atomic mass is 9.93. The number of aromatic amines is 1. The maximum Gasteiger partial charge on any atom is 0.276 e. The summed E-state index contributed by atoms with van der Waals surface area (Å²) < 4.78 is 43.7.